The van der Waals surface area contributed by atoms with Gasteiger partial charge >= 0.3 is 5.97 Å². The SMILES string of the molecule is Nc1nc(COC(=O)C2=NN(c3ccccc3)C(=O)CC2)nc(Nc2ccccc2)n1. The first-order valence-corrected chi connectivity index (χ1v) is 9.53. The van der Waals surface area contributed by atoms with Crippen LogP contribution in [0.1, 0.15) is 18.7 Å². The van der Waals surface area contributed by atoms with Gasteiger partial charge in [-0.25, -0.2) is 9.80 Å². The smallest absolute Gasteiger partial charge is 0.354 e. The predicted molar refractivity (Wildman–Crippen MR) is 114 cm³/mol. The molecule has 31 heavy (non-hydrogen) atoms. The number of nitrogens with one attached hydrogen (secondary N) is 1. The fourth-order valence-electron chi connectivity index (χ4n) is 2.89. The number of nitrogen functional groups attached to an aromatic ring is 1. The minimum Gasteiger partial charge on any atom is -0.453 e. The molecule has 1 aromatic heterocycles. The zero-order chi connectivity index (χ0) is 21.6. The summed E-state index contributed by atoms with van der Waals surface area (Å²) in [5.41, 5.74) is 7.25. The molecule has 156 valence electrons. The van der Waals surface area contributed by atoms with Crippen LogP contribution in [0.2, 0.25) is 0 Å². The van der Waals surface area contributed by atoms with Gasteiger partial charge in [-0.15, -0.1) is 0 Å². The maximum absolute atomic E-state index is 12.5. The van der Waals surface area contributed by atoms with E-state index in [1.54, 1.807) is 24.3 Å². The van der Waals surface area contributed by atoms with E-state index in [0.717, 1.165) is 5.69 Å². The summed E-state index contributed by atoms with van der Waals surface area (Å²) in [6.07, 6.45) is 0.355. The number of hydrogen-bond donors (Lipinski definition) is 2. The molecule has 1 amide bonds. The largest absolute Gasteiger partial charge is 0.453 e. The molecule has 0 saturated heterocycles. The Hall–Kier alpha value is -4.34. The number of ether oxygens (including phenoxy) is 1. The van der Waals surface area contributed by atoms with Crippen molar-refractivity contribution in [3.05, 3.63) is 66.5 Å². The van der Waals surface area contributed by atoms with Crippen molar-refractivity contribution in [2.24, 2.45) is 5.10 Å². The summed E-state index contributed by atoms with van der Waals surface area (Å²) in [6.45, 7) is -0.215. The number of esters is 1. The summed E-state index contributed by atoms with van der Waals surface area (Å²) in [7, 11) is 0. The second-order valence-electron chi connectivity index (χ2n) is 6.59. The van der Waals surface area contributed by atoms with E-state index < -0.39 is 5.97 Å². The molecule has 10 heteroatoms. The van der Waals surface area contributed by atoms with Gasteiger partial charge < -0.3 is 15.8 Å². The van der Waals surface area contributed by atoms with E-state index in [4.69, 9.17) is 10.5 Å². The Balaban J connectivity index is 1.44. The highest BCUT2D eigenvalue weighted by atomic mass is 16.5. The molecule has 1 aliphatic heterocycles. The monoisotopic (exact) mass is 417 g/mol. The predicted octanol–water partition coefficient (Wildman–Crippen LogP) is 2.42. The highest BCUT2D eigenvalue weighted by molar-refractivity contribution is 6.37. The van der Waals surface area contributed by atoms with Crippen LogP contribution in [-0.4, -0.2) is 32.5 Å². The summed E-state index contributed by atoms with van der Waals surface area (Å²) in [6, 6.07) is 18.2. The molecule has 4 rings (SSSR count). The molecule has 2 aromatic carbocycles. The van der Waals surface area contributed by atoms with Gasteiger partial charge in [-0.3, -0.25) is 4.79 Å². The van der Waals surface area contributed by atoms with Gasteiger partial charge in [-0.1, -0.05) is 36.4 Å². The van der Waals surface area contributed by atoms with Gasteiger partial charge in [0.05, 0.1) is 5.69 Å². The fourth-order valence-corrected chi connectivity index (χ4v) is 2.89. The van der Waals surface area contributed by atoms with Gasteiger partial charge in [0.25, 0.3) is 0 Å². The molecule has 0 bridgehead atoms. The van der Waals surface area contributed by atoms with Crippen LogP contribution in [0, 0.1) is 0 Å². The van der Waals surface area contributed by atoms with Crippen LogP contribution in [0.5, 0.6) is 0 Å². The molecule has 0 saturated carbocycles. The molecule has 2 heterocycles. The molecule has 3 aromatic rings. The van der Waals surface area contributed by atoms with Gasteiger partial charge in [0.15, 0.2) is 12.4 Å². The van der Waals surface area contributed by atoms with Crippen molar-refractivity contribution >= 4 is 40.9 Å². The first-order chi connectivity index (χ1) is 15.1. The molecule has 0 radical (unpaired) electrons. The van der Waals surface area contributed by atoms with Crippen LogP contribution in [0.3, 0.4) is 0 Å². The lowest BCUT2D eigenvalue weighted by Crippen LogP contribution is -2.35. The number of nitrogens with zero attached hydrogens (tertiary/aromatic N) is 5. The Kier molecular flexibility index (Phi) is 5.79. The zero-order valence-electron chi connectivity index (χ0n) is 16.4. The van der Waals surface area contributed by atoms with E-state index in [0.29, 0.717) is 5.69 Å². The Morgan fingerprint density at radius 2 is 1.71 bits per heavy atom. The average molecular weight is 417 g/mol. The van der Waals surface area contributed by atoms with E-state index in [9.17, 15) is 9.59 Å². The third-order valence-electron chi connectivity index (χ3n) is 4.33. The number of hydrazone groups is 1. The van der Waals surface area contributed by atoms with Crippen LogP contribution in [0.15, 0.2) is 65.8 Å². The molecule has 0 fully saturated rings. The Bertz CT molecular complexity index is 1120. The Labute approximate surface area is 177 Å². The Morgan fingerprint density at radius 3 is 2.45 bits per heavy atom. The number of hydrogen-bond acceptors (Lipinski definition) is 9. The second-order valence-corrected chi connectivity index (χ2v) is 6.59. The molecular formula is C21H19N7O3. The van der Waals surface area contributed by atoms with Crippen molar-refractivity contribution < 1.29 is 14.3 Å². The molecule has 0 atom stereocenters. The minimum atomic E-state index is -0.648. The number of aromatic nitrogens is 3. The second kappa shape index (κ2) is 8.99. The lowest BCUT2D eigenvalue weighted by Gasteiger charge is -2.22. The normalized spacial score (nSPS) is 13.5. The molecule has 0 unspecified atom stereocenters. The number of nitrogens with two attached hydrogens (primary N) is 1. The van der Waals surface area contributed by atoms with E-state index in [1.807, 2.05) is 36.4 Å². The van der Waals surface area contributed by atoms with Crippen molar-refractivity contribution in [2.75, 3.05) is 16.1 Å². The van der Waals surface area contributed by atoms with E-state index in [2.05, 4.69) is 25.4 Å². The third kappa shape index (κ3) is 4.99. The van der Waals surface area contributed by atoms with Crippen LogP contribution >= 0.6 is 0 Å². The van der Waals surface area contributed by atoms with Crippen molar-refractivity contribution in [3.8, 4) is 0 Å². The molecule has 1 aliphatic rings. The van der Waals surface area contributed by atoms with Gasteiger partial charge in [0.2, 0.25) is 17.8 Å². The maximum Gasteiger partial charge on any atom is 0.354 e. The topological polar surface area (TPSA) is 136 Å². The Morgan fingerprint density at radius 1 is 1.00 bits per heavy atom. The van der Waals surface area contributed by atoms with E-state index in [-0.39, 0.29) is 48.8 Å². The number of rotatable bonds is 6. The molecule has 3 N–H and O–H groups in total. The van der Waals surface area contributed by atoms with Gasteiger partial charge in [-0.05, 0) is 24.3 Å². The lowest BCUT2D eigenvalue weighted by atomic mass is 10.1. The standard InChI is InChI=1S/C21H19N7O3/c22-20-24-17(25-21(26-20)23-14-7-3-1-4-8-14)13-31-19(30)16-11-12-18(29)28(27-16)15-9-5-2-6-10-15/h1-10H,11-13H2,(H3,22,23,24,25,26). The van der Waals surface area contributed by atoms with Crippen LogP contribution in [0.25, 0.3) is 0 Å². The quantitative estimate of drug-likeness (QED) is 0.584. The van der Waals surface area contributed by atoms with Crippen LogP contribution in [0.4, 0.5) is 23.3 Å². The molecule has 10 nitrogen and oxygen atoms in total. The average Bonchev–Trinajstić information content (AvgIpc) is 2.79. The highest BCUT2D eigenvalue weighted by Crippen LogP contribution is 2.20. The van der Waals surface area contributed by atoms with Gasteiger partial charge in [-0.2, -0.15) is 20.1 Å². The summed E-state index contributed by atoms with van der Waals surface area (Å²) in [5.74, 6) is -0.419. The fraction of sp³-hybridized carbons (Fsp3) is 0.143. The first-order valence-electron chi connectivity index (χ1n) is 9.53. The van der Waals surface area contributed by atoms with Crippen LogP contribution < -0.4 is 16.1 Å². The van der Waals surface area contributed by atoms with Crippen molar-refractivity contribution in [1.29, 1.82) is 0 Å². The maximum atomic E-state index is 12.5. The van der Waals surface area contributed by atoms with Gasteiger partial charge in [0.1, 0.15) is 5.71 Å². The van der Waals surface area contributed by atoms with E-state index >= 15 is 0 Å². The first kappa shape index (κ1) is 20.0. The van der Waals surface area contributed by atoms with Crippen molar-refractivity contribution in [3.63, 3.8) is 0 Å². The number of carbonyl (C=O) groups excluding carboxylic acids is 2. The molecule has 0 spiro atoms. The van der Waals surface area contributed by atoms with Crippen molar-refractivity contribution in [2.45, 2.75) is 19.4 Å². The van der Waals surface area contributed by atoms with Crippen molar-refractivity contribution in [1.82, 2.24) is 15.0 Å². The number of para-hydroxylation sites is 2. The summed E-state index contributed by atoms with van der Waals surface area (Å²) < 4.78 is 5.30. The van der Waals surface area contributed by atoms with Gasteiger partial charge in [0, 0.05) is 18.5 Å². The zero-order valence-corrected chi connectivity index (χ0v) is 16.4. The lowest BCUT2D eigenvalue weighted by molar-refractivity contribution is -0.137. The molecular weight excluding hydrogens is 398 g/mol. The minimum absolute atomic E-state index is 0.00432. The number of carbonyl (C=O) groups is 2. The summed E-state index contributed by atoms with van der Waals surface area (Å²) in [5, 5.41) is 8.40. The number of benzene rings is 2. The third-order valence-corrected chi connectivity index (χ3v) is 4.33. The molecule has 0 aliphatic carbocycles. The number of amides is 1. The highest BCUT2D eigenvalue weighted by Gasteiger charge is 2.26. The van der Waals surface area contributed by atoms with E-state index in [1.165, 1.54) is 5.01 Å². The summed E-state index contributed by atoms with van der Waals surface area (Å²) in [4.78, 5) is 37.0. The van der Waals surface area contributed by atoms with Crippen LogP contribution in [-0.2, 0) is 20.9 Å². The summed E-state index contributed by atoms with van der Waals surface area (Å²) >= 11 is 0. The number of anilines is 4.